The molecule has 4 amide bonds. The largest absolute Gasteiger partial charge is 0.490 e. The standard InChI is InChI=1S/C31H37N9O4.C2HF3O2/c32-26(33)21-15-13-19(14-16-21)18-23(28(42)38-22-10-5-2-6-11-22)29(43)40-25(20-8-3-1-4-9-20)30(44)39-24(27(34)41)12-7-17-37-31(35)36;3-2(4,5)1(6)7/h1-6,8-11,13-16,23-25H,7,12,17-18H2,(H3,32,33)(H2,34,41)(H,38,42)(H,39,44)(H,40,43)(H4,35,36,37);(H,6,7)/t23?,24-,25-;/m0./s1. The Labute approximate surface area is 290 Å². The van der Waals surface area contributed by atoms with Crippen LogP contribution in [0, 0.1) is 11.3 Å². The van der Waals surface area contributed by atoms with E-state index in [9.17, 15) is 32.3 Å². The van der Waals surface area contributed by atoms with E-state index in [0.29, 0.717) is 28.8 Å². The molecule has 3 rings (SSSR count). The van der Waals surface area contributed by atoms with Gasteiger partial charge in [-0.2, -0.15) is 13.2 Å². The molecule has 0 radical (unpaired) electrons. The van der Waals surface area contributed by atoms with E-state index < -0.39 is 53.8 Å². The van der Waals surface area contributed by atoms with E-state index in [0.717, 1.165) is 0 Å². The second kappa shape index (κ2) is 19.5. The zero-order valence-electron chi connectivity index (χ0n) is 27.0. The Morgan fingerprint density at radius 2 is 1.33 bits per heavy atom. The first-order chi connectivity index (χ1) is 24.0. The van der Waals surface area contributed by atoms with Gasteiger partial charge >= 0.3 is 12.1 Å². The van der Waals surface area contributed by atoms with E-state index in [1.165, 1.54) is 0 Å². The number of halogens is 3. The summed E-state index contributed by atoms with van der Waals surface area (Å²) in [5.41, 5.74) is 23.8. The molecular formula is C33H38F3N9O6. The van der Waals surface area contributed by atoms with Crippen LogP contribution in [0.5, 0.6) is 0 Å². The molecule has 272 valence electrons. The van der Waals surface area contributed by atoms with Crippen LogP contribution in [0.2, 0.25) is 0 Å². The van der Waals surface area contributed by atoms with Crippen LogP contribution in [0.3, 0.4) is 0 Å². The highest BCUT2D eigenvalue weighted by Gasteiger charge is 2.38. The molecule has 51 heavy (non-hydrogen) atoms. The smallest absolute Gasteiger partial charge is 0.475 e. The van der Waals surface area contributed by atoms with Gasteiger partial charge in [-0.25, -0.2) is 4.79 Å². The zero-order valence-corrected chi connectivity index (χ0v) is 27.0. The number of hydrogen-bond donors (Lipinski definition) is 9. The maximum atomic E-state index is 13.8. The average molecular weight is 714 g/mol. The van der Waals surface area contributed by atoms with Crippen molar-refractivity contribution in [1.82, 2.24) is 10.6 Å². The number of nitrogens with zero attached hydrogens (tertiary/aromatic N) is 1. The van der Waals surface area contributed by atoms with Gasteiger partial charge in [0.15, 0.2) is 5.96 Å². The average Bonchev–Trinajstić information content (AvgIpc) is 3.07. The number of amidine groups is 1. The molecule has 15 nitrogen and oxygen atoms in total. The van der Waals surface area contributed by atoms with Crippen molar-refractivity contribution < 1.29 is 42.3 Å². The first-order valence-electron chi connectivity index (χ1n) is 15.1. The third kappa shape index (κ3) is 14.3. The third-order valence-electron chi connectivity index (χ3n) is 6.91. The molecule has 13 N–H and O–H groups in total. The van der Waals surface area contributed by atoms with Crippen molar-refractivity contribution in [3.63, 3.8) is 0 Å². The predicted molar refractivity (Wildman–Crippen MR) is 182 cm³/mol. The molecular weight excluding hydrogens is 675 g/mol. The van der Waals surface area contributed by atoms with Crippen LogP contribution in [0.4, 0.5) is 18.9 Å². The van der Waals surface area contributed by atoms with E-state index in [-0.39, 0.29) is 31.2 Å². The molecule has 18 heteroatoms. The van der Waals surface area contributed by atoms with Crippen molar-refractivity contribution in [1.29, 1.82) is 5.41 Å². The van der Waals surface area contributed by atoms with Gasteiger partial charge in [0.2, 0.25) is 23.6 Å². The summed E-state index contributed by atoms with van der Waals surface area (Å²) in [6, 6.07) is 21.4. The van der Waals surface area contributed by atoms with Crippen molar-refractivity contribution in [3.05, 3.63) is 102 Å². The number of benzene rings is 3. The molecule has 0 spiro atoms. The molecule has 0 aliphatic heterocycles. The number of nitrogens with two attached hydrogens (primary N) is 4. The first-order valence-corrected chi connectivity index (χ1v) is 15.1. The first kappa shape index (κ1) is 40.7. The van der Waals surface area contributed by atoms with E-state index in [4.69, 9.17) is 38.2 Å². The molecule has 0 aliphatic rings. The summed E-state index contributed by atoms with van der Waals surface area (Å²) in [4.78, 5) is 65.7. The van der Waals surface area contributed by atoms with Gasteiger partial charge in [-0.15, -0.1) is 0 Å². The molecule has 3 aromatic rings. The zero-order chi connectivity index (χ0) is 38.1. The van der Waals surface area contributed by atoms with Gasteiger partial charge in [-0.3, -0.25) is 29.6 Å². The topological polar surface area (TPSA) is 282 Å². The van der Waals surface area contributed by atoms with Crippen LogP contribution in [0.25, 0.3) is 0 Å². The lowest BCUT2D eigenvalue weighted by atomic mass is 9.95. The Balaban J connectivity index is 0.00000116. The molecule has 0 heterocycles. The number of aliphatic carboxylic acids is 1. The number of anilines is 1. The number of alkyl halides is 3. The van der Waals surface area contributed by atoms with Crippen LogP contribution >= 0.6 is 0 Å². The second-order valence-corrected chi connectivity index (χ2v) is 10.8. The van der Waals surface area contributed by atoms with Crippen molar-refractivity contribution >= 4 is 47.1 Å². The molecule has 3 aromatic carbocycles. The number of carboxylic acid groups (broad SMARTS) is 1. The Bertz CT molecular complexity index is 1690. The summed E-state index contributed by atoms with van der Waals surface area (Å²) in [6.45, 7) is 0.229. The van der Waals surface area contributed by atoms with Crippen LogP contribution < -0.4 is 38.9 Å². The van der Waals surface area contributed by atoms with Crippen molar-refractivity contribution in [2.75, 3.05) is 11.9 Å². The number of carboxylic acids is 1. The van der Waals surface area contributed by atoms with Crippen molar-refractivity contribution in [2.24, 2.45) is 33.8 Å². The lowest BCUT2D eigenvalue weighted by molar-refractivity contribution is -0.192. The highest BCUT2D eigenvalue weighted by molar-refractivity contribution is 6.07. The van der Waals surface area contributed by atoms with Gasteiger partial charge in [0, 0.05) is 17.8 Å². The van der Waals surface area contributed by atoms with Crippen LogP contribution in [-0.4, -0.2) is 65.3 Å². The van der Waals surface area contributed by atoms with Gasteiger partial charge in [0.25, 0.3) is 0 Å². The van der Waals surface area contributed by atoms with Gasteiger partial charge in [0.05, 0.1) is 0 Å². The molecule has 0 saturated heterocycles. The van der Waals surface area contributed by atoms with E-state index in [2.05, 4.69) is 20.9 Å². The van der Waals surface area contributed by atoms with E-state index in [1.807, 2.05) is 0 Å². The minimum atomic E-state index is -5.08. The van der Waals surface area contributed by atoms with Crippen LogP contribution in [0.15, 0.2) is 89.9 Å². The number of hydrogen-bond acceptors (Lipinski definition) is 7. The van der Waals surface area contributed by atoms with Crippen molar-refractivity contribution in [3.8, 4) is 0 Å². The van der Waals surface area contributed by atoms with Gasteiger partial charge in [-0.05, 0) is 42.5 Å². The van der Waals surface area contributed by atoms with Crippen LogP contribution in [0.1, 0.15) is 35.6 Å². The number of rotatable bonds is 15. The lowest BCUT2D eigenvalue weighted by Gasteiger charge is -2.24. The molecule has 0 aliphatic carbocycles. The quantitative estimate of drug-likeness (QED) is 0.0474. The second-order valence-electron chi connectivity index (χ2n) is 10.8. The normalized spacial score (nSPS) is 12.4. The minimum absolute atomic E-state index is 0.0134. The number of carbonyl (C=O) groups excluding carboxylic acids is 4. The monoisotopic (exact) mass is 713 g/mol. The summed E-state index contributed by atoms with van der Waals surface area (Å²) in [7, 11) is 0. The summed E-state index contributed by atoms with van der Waals surface area (Å²) >= 11 is 0. The number of nitrogen functional groups attached to an aromatic ring is 1. The molecule has 0 fully saturated rings. The lowest BCUT2D eigenvalue weighted by Crippen LogP contribution is -2.51. The third-order valence-corrected chi connectivity index (χ3v) is 6.91. The fraction of sp³-hybridized carbons (Fsp3) is 0.242. The molecule has 0 bridgehead atoms. The van der Waals surface area contributed by atoms with Gasteiger partial charge in [0.1, 0.15) is 23.8 Å². The number of para-hydroxylation sites is 1. The summed E-state index contributed by atoms with van der Waals surface area (Å²) < 4.78 is 31.7. The van der Waals surface area contributed by atoms with Crippen molar-refractivity contribution in [2.45, 2.75) is 37.5 Å². The predicted octanol–water partition coefficient (Wildman–Crippen LogP) is 1.28. The fourth-order valence-electron chi connectivity index (χ4n) is 4.34. The number of primary amides is 1. The summed E-state index contributed by atoms with van der Waals surface area (Å²) in [5.74, 6) is -7.00. The van der Waals surface area contributed by atoms with Gasteiger partial charge in [-0.1, -0.05) is 72.8 Å². The maximum Gasteiger partial charge on any atom is 0.490 e. The summed E-state index contributed by atoms with van der Waals surface area (Å²) in [6.07, 6.45) is -4.58. The van der Waals surface area contributed by atoms with E-state index >= 15 is 0 Å². The minimum Gasteiger partial charge on any atom is -0.475 e. The number of amides is 4. The number of carbonyl (C=O) groups is 5. The molecule has 0 saturated carbocycles. The highest BCUT2D eigenvalue weighted by Crippen LogP contribution is 2.19. The summed E-state index contributed by atoms with van der Waals surface area (Å²) in [5, 5.41) is 22.8. The van der Waals surface area contributed by atoms with Gasteiger partial charge < -0.3 is 44.0 Å². The fourth-order valence-corrected chi connectivity index (χ4v) is 4.34. The Kier molecular flexibility index (Phi) is 15.6. The number of guanidine groups is 1. The number of aliphatic imine (C=N–C) groups is 1. The Hall–Kier alpha value is -6.46. The molecule has 1 unspecified atom stereocenters. The number of nitrogens with one attached hydrogen (secondary N) is 4. The SMILES string of the molecule is N=C(N)c1ccc(CC(C(=O)Nc2ccccc2)C(=O)N[C@H](C(=O)N[C@@H](CCCN=C(N)N)C(N)=O)c2ccccc2)cc1.O=C(O)C(F)(F)F. The molecule has 0 aromatic heterocycles. The van der Waals surface area contributed by atoms with E-state index in [1.54, 1.807) is 84.9 Å². The Morgan fingerprint density at radius 1 is 0.784 bits per heavy atom. The maximum absolute atomic E-state index is 13.8. The Morgan fingerprint density at radius 3 is 1.82 bits per heavy atom. The molecule has 3 atom stereocenters. The van der Waals surface area contributed by atoms with Crippen LogP contribution in [-0.2, 0) is 30.4 Å². The highest BCUT2D eigenvalue weighted by atomic mass is 19.4.